The number of nitro benzene ring substituents is 1. The third-order valence-electron chi connectivity index (χ3n) is 4.83. The van der Waals surface area contributed by atoms with E-state index >= 15 is 0 Å². The predicted molar refractivity (Wildman–Crippen MR) is 94.7 cm³/mol. The van der Waals surface area contributed by atoms with E-state index in [2.05, 4.69) is 5.32 Å². The summed E-state index contributed by atoms with van der Waals surface area (Å²) in [5.41, 5.74) is 1.00. The van der Waals surface area contributed by atoms with E-state index in [9.17, 15) is 19.7 Å². The average Bonchev–Trinajstić information content (AvgIpc) is 3.07. The van der Waals surface area contributed by atoms with Crippen LogP contribution in [-0.4, -0.2) is 22.9 Å². The van der Waals surface area contributed by atoms with Crippen molar-refractivity contribution < 1.29 is 19.2 Å². The van der Waals surface area contributed by atoms with E-state index in [4.69, 9.17) is 16.3 Å². The molecule has 1 aromatic carbocycles. The summed E-state index contributed by atoms with van der Waals surface area (Å²) in [5, 5.41) is 13.8. The van der Waals surface area contributed by atoms with E-state index < -0.39 is 16.8 Å². The van der Waals surface area contributed by atoms with Gasteiger partial charge in [0.15, 0.2) is 0 Å². The normalized spacial score (nSPS) is 20.8. The molecule has 0 radical (unpaired) electrons. The van der Waals surface area contributed by atoms with Gasteiger partial charge in [-0.15, -0.1) is 0 Å². The SMILES string of the molecule is CC1=C(C(=O)OC2CCCC2)[C@H](c2ccc(Cl)c([N+](=O)[O-])c2)CC(=O)N1. The largest absolute Gasteiger partial charge is 0.459 e. The number of amides is 1. The minimum absolute atomic E-state index is 0.00907. The molecule has 8 heteroatoms. The second-order valence-electron chi connectivity index (χ2n) is 6.62. The van der Waals surface area contributed by atoms with Gasteiger partial charge in [0.2, 0.25) is 5.91 Å². The highest BCUT2D eigenvalue weighted by molar-refractivity contribution is 6.32. The highest BCUT2D eigenvalue weighted by Gasteiger charge is 2.35. The lowest BCUT2D eigenvalue weighted by Gasteiger charge is -2.27. The van der Waals surface area contributed by atoms with Gasteiger partial charge in [0.05, 0.1) is 10.5 Å². The van der Waals surface area contributed by atoms with Crippen LogP contribution in [0.5, 0.6) is 0 Å². The van der Waals surface area contributed by atoms with Gasteiger partial charge in [-0.25, -0.2) is 4.79 Å². The number of nitrogens with one attached hydrogen (secondary N) is 1. The molecular formula is C18H19ClN2O5. The molecule has 26 heavy (non-hydrogen) atoms. The molecule has 3 rings (SSSR count). The number of carbonyl (C=O) groups excluding carboxylic acids is 2. The Morgan fingerprint density at radius 2 is 2.04 bits per heavy atom. The Morgan fingerprint density at radius 3 is 2.69 bits per heavy atom. The Bertz CT molecular complexity index is 799. The number of nitro groups is 1. The van der Waals surface area contributed by atoms with Crippen molar-refractivity contribution in [2.24, 2.45) is 0 Å². The van der Waals surface area contributed by atoms with Crippen LogP contribution < -0.4 is 5.32 Å². The Morgan fingerprint density at radius 1 is 1.35 bits per heavy atom. The number of esters is 1. The summed E-state index contributed by atoms with van der Waals surface area (Å²) in [7, 11) is 0. The minimum atomic E-state index is -0.603. The molecule has 1 aliphatic heterocycles. The van der Waals surface area contributed by atoms with E-state index in [1.165, 1.54) is 12.1 Å². The van der Waals surface area contributed by atoms with Crippen LogP contribution in [0.15, 0.2) is 29.5 Å². The molecule has 0 bridgehead atoms. The summed E-state index contributed by atoms with van der Waals surface area (Å²) in [4.78, 5) is 35.3. The molecule has 0 aromatic heterocycles. The molecule has 1 amide bonds. The molecule has 2 aliphatic rings. The lowest BCUT2D eigenvalue weighted by atomic mass is 9.84. The number of allylic oxidation sites excluding steroid dienone is 1. The van der Waals surface area contributed by atoms with Gasteiger partial charge in [-0.3, -0.25) is 14.9 Å². The molecule has 0 saturated heterocycles. The van der Waals surface area contributed by atoms with Crippen LogP contribution in [-0.2, 0) is 14.3 Å². The van der Waals surface area contributed by atoms with Crippen molar-refractivity contribution in [2.45, 2.75) is 51.0 Å². The van der Waals surface area contributed by atoms with Crippen LogP contribution in [0.3, 0.4) is 0 Å². The van der Waals surface area contributed by atoms with Gasteiger partial charge in [0.25, 0.3) is 5.69 Å². The van der Waals surface area contributed by atoms with Crippen LogP contribution >= 0.6 is 11.6 Å². The molecule has 138 valence electrons. The van der Waals surface area contributed by atoms with E-state index in [1.54, 1.807) is 13.0 Å². The van der Waals surface area contributed by atoms with Crippen molar-refractivity contribution in [2.75, 3.05) is 0 Å². The molecule has 1 heterocycles. The average molecular weight is 379 g/mol. The van der Waals surface area contributed by atoms with Crippen molar-refractivity contribution in [1.82, 2.24) is 5.32 Å². The summed E-state index contributed by atoms with van der Waals surface area (Å²) in [5.74, 6) is -1.33. The zero-order valence-electron chi connectivity index (χ0n) is 14.3. The van der Waals surface area contributed by atoms with Crippen LogP contribution in [0.2, 0.25) is 5.02 Å². The lowest BCUT2D eigenvalue weighted by molar-refractivity contribution is -0.384. The van der Waals surface area contributed by atoms with Gasteiger partial charge in [0.1, 0.15) is 11.1 Å². The zero-order chi connectivity index (χ0) is 18.8. The molecule has 1 saturated carbocycles. The Kier molecular flexibility index (Phi) is 5.27. The van der Waals surface area contributed by atoms with E-state index in [1.807, 2.05) is 0 Å². The number of hydrogen-bond acceptors (Lipinski definition) is 5. The first kappa shape index (κ1) is 18.4. The molecule has 1 aromatic rings. The van der Waals surface area contributed by atoms with E-state index in [0.29, 0.717) is 16.8 Å². The number of carbonyl (C=O) groups is 2. The maximum Gasteiger partial charge on any atom is 0.336 e. The molecule has 7 nitrogen and oxygen atoms in total. The van der Waals surface area contributed by atoms with Crippen molar-refractivity contribution in [3.8, 4) is 0 Å². The van der Waals surface area contributed by atoms with Gasteiger partial charge in [-0.2, -0.15) is 0 Å². The van der Waals surface area contributed by atoms with E-state index in [0.717, 1.165) is 25.7 Å². The fourth-order valence-electron chi connectivity index (χ4n) is 3.56. The van der Waals surface area contributed by atoms with E-state index in [-0.39, 0.29) is 29.1 Å². The zero-order valence-corrected chi connectivity index (χ0v) is 15.0. The molecule has 1 N–H and O–H groups in total. The topological polar surface area (TPSA) is 98.5 Å². The number of benzene rings is 1. The molecule has 0 unspecified atom stereocenters. The third-order valence-corrected chi connectivity index (χ3v) is 5.15. The predicted octanol–water partition coefficient (Wildman–Crippen LogP) is 3.61. The Labute approximate surface area is 155 Å². The van der Waals surface area contributed by atoms with Crippen molar-refractivity contribution in [3.05, 3.63) is 50.2 Å². The number of nitrogens with zero attached hydrogens (tertiary/aromatic N) is 1. The lowest BCUT2D eigenvalue weighted by Crippen LogP contribution is -2.35. The summed E-state index contributed by atoms with van der Waals surface area (Å²) in [6.45, 7) is 1.64. The first-order chi connectivity index (χ1) is 12.4. The van der Waals surface area contributed by atoms with Gasteiger partial charge < -0.3 is 10.1 Å². The Balaban J connectivity index is 1.96. The summed E-state index contributed by atoms with van der Waals surface area (Å²) >= 11 is 5.88. The van der Waals surface area contributed by atoms with Crippen LogP contribution in [0.4, 0.5) is 5.69 Å². The highest BCUT2D eigenvalue weighted by Crippen LogP contribution is 2.37. The van der Waals surface area contributed by atoms with Gasteiger partial charge >= 0.3 is 5.97 Å². The smallest absolute Gasteiger partial charge is 0.336 e. The second kappa shape index (κ2) is 7.45. The molecule has 1 aliphatic carbocycles. The van der Waals surface area contributed by atoms with Gasteiger partial charge in [0, 0.05) is 24.1 Å². The summed E-state index contributed by atoms with van der Waals surface area (Å²) in [6, 6.07) is 4.34. The molecule has 1 atom stereocenters. The van der Waals surface area contributed by atoms with Crippen molar-refractivity contribution >= 4 is 29.2 Å². The monoisotopic (exact) mass is 378 g/mol. The number of hydrogen-bond donors (Lipinski definition) is 1. The first-order valence-corrected chi connectivity index (χ1v) is 8.90. The summed E-state index contributed by atoms with van der Waals surface area (Å²) < 4.78 is 5.60. The standard InChI is InChI=1S/C18H19ClN2O5/c1-10-17(18(23)26-12-4-2-3-5-12)13(9-16(22)20-10)11-6-7-14(19)15(8-11)21(24)25/h6-8,12-13H,2-5,9H2,1H3,(H,20,22)/t13-/m0/s1. The minimum Gasteiger partial charge on any atom is -0.459 e. The van der Waals surface area contributed by atoms with Gasteiger partial charge in [-0.1, -0.05) is 17.7 Å². The van der Waals surface area contributed by atoms with Crippen molar-refractivity contribution in [1.29, 1.82) is 0 Å². The van der Waals surface area contributed by atoms with Gasteiger partial charge in [-0.05, 0) is 44.2 Å². The maximum absolute atomic E-state index is 12.7. The fraction of sp³-hybridized carbons (Fsp3) is 0.444. The Hall–Kier alpha value is -2.41. The number of ether oxygens (including phenoxy) is 1. The van der Waals surface area contributed by atoms with Crippen LogP contribution in [0.25, 0.3) is 0 Å². The van der Waals surface area contributed by atoms with Crippen molar-refractivity contribution in [3.63, 3.8) is 0 Å². The third kappa shape index (κ3) is 3.72. The summed E-state index contributed by atoms with van der Waals surface area (Å²) in [6.07, 6.45) is 3.63. The highest BCUT2D eigenvalue weighted by atomic mass is 35.5. The van der Waals surface area contributed by atoms with Crippen LogP contribution in [0, 0.1) is 10.1 Å². The maximum atomic E-state index is 12.7. The second-order valence-corrected chi connectivity index (χ2v) is 7.03. The fourth-order valence-corrected chi connectivity index (χ4v) is 3.75. The molecular weight excluding hydrogens is 360 g/mol. The van der Waals surface area contributed by atoms with Crippen LogP contribution in [0.1, 0.15) is 50.5 Å². The number of rotatable bonds is 4. The first-order valence-electron chi connectivity index (χ1n) is 8.52. The molecule has 0 spiro atoms. The molecule has 1 fully saturated rings. The number of halogens is 1. The quantitative estimate of drug-likeness (QED) is 0.490.